The number of ketones is 1. The monoisotopic (exact) mass is 196 g/mol. The van der Waals surface area contributed by atoms with E-state index in [0.717, 1.165) is 25.9 Å². The normalized spacial score (nSPS) is 38.1. The number of carbonyl (C=O) groups excluding carboxylic acids is 1. The zero-order valence-electron chi connectivity index (χ0n) is 9.00. The van der Waals surface area contributed by atoms with Crippen molar-refractivity contribution < 1.29 is 9.53 Å². The molecule has 0 N–H and O–H groups in total. The maximum Gasteiger partial charge on any atom is 0.136 e. The first-order valence-electron chi connectivity index (χ1n) is 5.97. The van der Waals surface area contributed by atoms with Crippen molar-refractivity contribution in [2.24, 2.45) is 11.8 Å². The van der Waals surface area contributed by atoms with Gasteiger partial charge in [-0.05, 0) is 32.1 Å². The number of hydrogen-bond donors (Lipinski definition) is 0. The van der Waals surface area contributed by atoms with Crippen LogP contribution in [0.25, 0.3) is 0 Å². The molecular weight excluding hydrogens is 176 g/mol. The second kappa shape index (κ2) is 4.43. The Labute approximate surface area is 86.0 Å². The molecule has 2 aliphatic carbocycles. The number of fused-ring (bicyclic) bond motifs is 1. The van der Waals surface area contributed by atoms with E-state index in [4.69, 9.17) is 4.74 Å². The Balaban J connectivity index is 2.04. The topological polar surface area (TPSA) is 26.3 Å². The zero-order chi connectivity index (χ0) is 9.97. The lowest BCUT2D eigenvalue weighted by molar-refractivity contribution is -0.135. The summed E-state index contributed by atoms with van der Waals surface area (Å²) in [5, 5.41) is 0. The molecule has 2 aliphatic rings. The van der Waals surface area contributed by atoms with Crippen LogP contribution in [0.3, 0.4) is 0 Å². The molecule has 0 amide bonds. The molecule has 0 spiro atoms. The van der Waals surface area contributed by atoms with Gasteiger partial charge in [-0.1, -0.05) is 12.8 Å². The molecule has 2 fully saturated rings. The van der Waals surface area contributed by atoms with Crippen LogP contribution < -0.4 is 0 Å². The third-order valence-electron chi connectivity index (χ3n) is 3.77. The van der Waals surface area contributed by atoms with Crippen molar-refractivity contribution in [2.45, 2.75) is 51.6 Å². The molecular formula is C12H20O2. The third-order valence-corrected chi connectivity index (χ3v) is 3.77. The van der Waals surface area contributed by atoms with Gasteiger partial charge in [0, 0.05) is 18.9 Å². The predicted octanol–water partition coefficient (Wildman–Crippen LogP) is 2.56. The molecule has 2 saturated carbocycles. The van der Waals surface area contributed by atoms with E-state index in [1.165, 1.54) is 19.3 Å². The molecule has 2 rings (SSSR count). The number of ether oxygens (including phenoxy) is 1. The molecule has 1 unspecified atom stereocenters. The number of rotatable bonds is 2. The van der Waals surface area contributed by atoms with Crippen molar-refractivity contribution in [1.29, 1.82) is 0 Å². The first-order valence-corrected chi connectivity index (χ1v) is 5.97. The highest BCUT2D eigenvalue weighted by Crippen LogP contribution is 2.39. The average Bonchev–Trinajstić information content (AvgIpc) is 2.23. The van der Waals surface area contributed by atoms with E-state index in [9.17, 15) is 4.79 Å². The Kier molecular flexibility index (Phi) is 3.22. The Morgan fingerprint density at radius 3 is 2.86 bits per heavy atom. The SMILES string of the molecule is CCOC1CCC(=O)[C@@H]2CCCC[C@@H]12. The average molecular weight is 196 g/mol. The third kappa shape index (κ3) is 1.85. The van der Waals surface area contributed by atoms with Crippen LogP contribution in [0.4, 0.5) is 0 Å². The summed E-state index contributed by atoms with van der Waals surface area (Å²) in [6.45, 7) is 2.84. The second-order valence-corrected chi connectivity index (χ2v) is 4.55. The summed E-state index contributed by atoms with van der Waals surface area (Å²) < 4.78 is 5.75. The summed E-state index contributed by atoms with van der Waals surface area (Å²) in [7, 11) is 0. The highest BCUT2D eigenvalue weighted by molar-refractivity contribution is 5.82. The Bertz CT molecular complexity index is 212. The molecule has 0 saturated heterocycles. The molecule has 0 radical (unpaired) electrons. The van der Waals surface area contributed by atoms with Gasteiger partial charge < -0.3 is 4.74 Å². The van der Waals surface area contributed by atoms with Gasteiger partial charge in [0.05, 0.1) is 6.10 Å². The molecule has 80 valence electrons. The van der Waals surface area contributed by atoms with Crippen LogP contribution in [0, 0.1) is 11.8 Å². The van der Waals surface area contributed by atoms with Crippen molar-refractivity contribution in [3.05, 3.63) is 0 Å². The molecule has 0 heterocycles. The smallest absolute Gasteiger partial charge is 0.136 e. The van der Waals surface area contributed by atoms with Crippen LogP contribution in [0.15, 0.2) is 0 Å². The molecule has 0 bridgehead atoms. The highest BCUT2D eigenvalue weighted by atomic mass is 16.5. The van der Waals surface area contributed by atoms with Crippen LogP contribution in [0.1, 0.15) is 45.4 Å². The Morgan fingerprint density at radius 2 is 2.07 bits per heavy atom. The van der Waals surface area contributed by atoms with Gasteiger partial charge >= 0.3 is 0 Å². The maximum absolute atomic E-state index is 11.7. The van der Waals surface area contributed by atoms with Crippen molar-refractivity contribution in [3.8, 4) is 0 Å². The lowest BCUT2D eigenvalue weighted by Crippen LogP contribution is -2.41. The lowest BCUT2D eigenvalue weighted by atomic mass is 9.69. The standard InChI is InChI=1S/C12H20O2/c1-2-14-12-8-7-11(13)9-5-3-4-6-10(9)12/h9-10,12H,2-8H2,1H3/t9-,10-,12?/m1/s1. The molecule has 0 aromatic carbocycles. The van der Waals surface area contributed by atoms with Gasteiger partial charge in [-0.2, -0.15) is 0 Å². The highest BCUT2D eigenvalue weighted by Gasteiger charge is 2.39. The first kappa shape index (κ1) is 10.2. The second-order valence-electron chi connectivity index (χ2n) is 4.55. The van der Waals surface area contributed by atoms with Gasteiger partial charge in [0.25, 0.3) is 0 Å². The van der Waals surface area contributed by atoms with Gasteiger partial charge in [0.2, 0.25) is 0 Å². The van der Waals surface area contributed by atoms with Gasteiger partial charge in [0.1, 0.15) is 5.78 Å². The summed E-state index contributed by atoms with van der Waals surface area (Å²) in [4.78, 5) is 11.7. The Hall–Kier alpha value is -0.370. The molecule has 0 aromatic heterocycles. The summed E-state index contributed by atoms with van der Waals surface area (Å²) in [5.74, 6) is 1.39. The van der Waals surface area contributed by atoms with E-state index in [2.05, 4.69) is 0 Å². The molecule has 3 atom stereocenters. The van der Waals surface area contributed by atoms with E-state index in [1.54, 1.807) is 0 Å². The Morgan fingerprint density at radius 1 is 1.29 bits per heavy atom. The minimum absolute atomic E-state index is 0.342. The summed E-state index contributed by atoms with van der Waals surface area (Å²) in [6, 6.07) is 0. The van der Waals surface area contributed by atoms with Gasteiger partial charge in [0.15, 0.2) is 0 Å². The number of hydrogen-bond acceptors (Lipinski definition) is 2. The van der Waals surface area contributed by atoms with Crippen molar-refractivity contribution >= 4 is 5.78 Å². The zero-order valence-corrected chi connectivity index (χ0v) is 9.00. The van der Waals surface area contributed by atoms with Crippen LogP contribution >= 0.6 is 0 Å². The molecule has 2 heteroatoms. The van der Waals surface area contributed by atoms with Crippen LogP contribution in [0.5, 0.6) is 0 Å². The van der Waals surface area contributed by atoms with Crippen molar-refractivity contribution in [1.82, 2.24) is 0 Å². The summed E-state index contributed by atoms with van der Waals surface area (Å²) in [6.07, 6.45) is 6.96. The van der Waals surface area contributed by atoms with E-state index in [-0.39, 0.29) is 0 Å². The van der Waals surface area contributed by atoms with Crippen LogP contribution in [0.2, 0.25) is 0 Å². The molecule has 0 aliphatic heterocycles. The quantitative estimate of drug-likeness (QED) is 0.678. The summed E-state index contributed by atoms with van der Waals surface area (Å²) in [5.41, 5.74) is 0. The van der Waals surface area contributed by atoms with E-state index >= 15 is 0 Å². The number of Topliss-reactive ketones (excluding diaryl/α,β-unsaturated/α-hetero) is 1. The van der Waals surface area contributed by atoms with Crippen molar-refractivity contribution in [3.63, 3.8) is 0 Å². The van der Waals surface area contributed by atoms with E-state index in [0.29, 0.717) is 23.7 Å². The van der Waals surface area contributed by atoms with E-state index < -0.39 is 0 Å². The molecule has 0 aromatic rings. The van der Waals surface area contributed by atoms with Gasteiger partial charge in [-0.25, -0.2) is 0 Å². The minimum Gasteiger partial charge on any atom is -0.378 e. The van der Waals surface area contributed by atoms with Crippen molar-refractivity contribution in [2.75, 3.05) is 6.61 Å². The van der Waals surface area contributed by atoms with E-state index in [1.807, 2.05) is 6.92 Å². The maximum atomic E-state index is 11.7. The molecule has 2 nitrogen and oxygen atoms in total. The minimum atomic E-state index is 0.342. The fraction of sp³-hybridized carbons (Fsp3) is 0.917. The van der Waals surface area contributed by atoms with Crippen LogP contribution in [-0.4, -0.2) is 18.5 Å². The fourth-order valence-corrected chi connectivity index (χ4v) is 3.11. The predicted molar refractivity (Wildman–Crippen MR) is 55.1 cm³/mol. The molecule has 14 heavy (non-hydrogen) atoms. The summed E-state index contributed by atoms with van der Waals surface area (Å²) >= 11 is 0. The first-order chi connectivity index (χ1) is 6.83. The largest absolute Gasteiger partial charge is 0.378 e. The number of carbonyl (C=O) groups is 1. The van der Waals surface area contributed by atoms with Crippen LogP contribution in [-0.2, 0) is 9.53 Å². The van der Waals surface area contributed by atoms with Gasteiger partial charge in [-0.3, -0.25) is 4.79 Å². The van der Waals surface area contributed by atoms with Gasteiger partial charge in [-0.15, -0.1) is 0 Å². The lowest BCUT2D eigenvalue weighted by Gasteiger charge is -2.39. The fourth-order valence-electron chi connectivity index (χ4n) is 3.11.